The number of aromatic amines is 1. The highest BCUT2D eigenvalue weighted by Crippen LogP contribution is 1.85. The van der Waals surface area contributed by atoms with Gasteiger partial charge in [0.2, 0.25) is 0 Å². The Morgan fingerprint density at radius 1 is 1.25 bits per heavy atom. The minimum absolute atomic E-state index is 0.993. The molecule has 0 radical (unpaired) electrons. The summed E-state index contributed by atoms with van der Waals surface area (Å²) in [6.45, 7) is 10.3. The Hall–Kier alpha value is -0.790. The lowest BCUT2D eigenvalue weighted by Gasteiger charge is -1.79. The summed E-state index contributed by atoms with van der Waals surface area (Å²) in [4.78, 5) is 6.95. The van der Waals surface area contributed by atoms with E-state index < -0.39 is 0 Å². The number of imidazole rings is 1. The smallest absolute Gasteiger partial charge is 0.105 e. The van der Waals surface area contributed by atoms with Gasteiger partial charge in [0, 0.05) is 18.8 Å². The molecule has 2 heteroatoms. The summed E-state index contributed by atoms with van der Waals surface area (Å²) in [7, 11) is 0. The number of nitrogens with one attached hydrogen (secondary N) is 1. The Morgan fingerprint density at radius 2 is 1.75 bits per heavy atom. The van der Waals surface area contributed by atoms with Gasteiger partial charge in [-0.05, 0) is 0 Å². The maximum Gasteiger partial charge on any atom is 0.105 e. The van der Waals surface area contributed by atoms with Gasteiger partial charge in [-0.15, -0.1) is 0 Å². The fourth-order valence-electron chi connectivity index (χ4n) is 0.491. The zero-order chi connectivity index (χ0) is 9.82. The van der Waals surface area contributed by atoms with E-state index in [9.17, 15) is 0 Å². The molecule has 1 aromatic rings. The van der Waals surface area contributed by atoms with E-state index in [0.29, 0.717) is 0 Å². The minimum atomic E-state index is 0.993. The predicted octanol–water partition coefficient (Wildman–Crippen LogP) is 3.41. The lowest BCUT2D eigenvalue weighted by molar-refractivity contribution is 0.990. The van der Waals surface area contributed by atoms with Crippen LogP contribution in [-0.4, -0.2) is 9.97 Å². The number of aryl methyl sites for hydroxylation is 1. The molecule has 1 N–H and O–H groups in total. The van der Waals surface area contributed by atoms with E-state index in [1.165, 1.54) is 6.42 Å². The van der Waals surface area contributed by atoms with E-state index in [1.807, 2.05) is 20.0 Å². The number of aromatic nitrogens is 2. The van der Waals surface area contributed by atoms with Crippen LogP contribution >= 0.6 is 0 Å². The molecule has 0 fully saturated rings. The largest absolute Gasteiger partial charge is 0.349 e. The number of rotatable bonds is 1. The summed E-state index contributed by atoms with van der Waals surface area (Å²) >= 11 is 0. The van der Waals surface area contributed by atoms with E-state index in [0.717, 1.165) is 12.2 Å². The molecule has 0 atom stereocenters. The van der Waals surface area contributed by atoms with Crippen molar-refractivity contribution in [2.75, 3.05) is 0 Å². The molecule has 1 aromatic heterocycles. The third kappa shape index (κ3) is 9.21. The molecule has 0 aliphatic heterocycles. The van der Waals surface area contributed by atoms with Crippen LogP contribution in [0.3, 0.4) is 0 Å². The summed E-state index contributed by atoms with van der Waals surface area (Å²) in [5, 5.41) is 0. The van der Waals surface area contributed by atoms with Crippen LogP contribution in [0.2, 0.25) is 0 Å². The zero-order valence-electron chi connectivity index (χ0n) is 9.02. The van der Waals surface area contributed by atoms with Crippen molar-refractivity contribution in [3.8, 4) is 0 Å². The Kier molecular flexibility index (Phi) is 14.8. The van der Waals surface area contributed by atoms with Crippen molar-refractivity contribution in [3.05, 3.63) is 18.2 Å². The molecule has 1 rings (SSSR count). The second-order valence-electron chi connectivity index (χ2n) is 2.10. The third-order valence-corrected chi connectivity index (χ3v) is 0.890. The van der Waals surface area contributed by atoms with Gasteiger partial charge in [0.05, 0.1) is 0 Å². The van der Waals surface area contributed by atoms with Crippen LogP contribution in [0.15, 0.2) is 12.4 Å². The molecule has 0 spiro atoms. The Bertz CT molecular complexity index is 134. The summed E-state index contributed by atoms with van der Waals surface area (Å²) in [6, 6.07) is 0. The van der Waals surface area contributed by atoms with Gasteiger partial charge in [-0.1, -0.05) is 41.0 Å². The second-order valence-corrected chi connectivity index (χ2v) is 2.10. The lowest BCUT2D eigenvalue weighted by Crippen LogP contribution is -1.78. The normalized spacial score (nSPS) is 7.42. The van der Waals surface area contributed by atoms with Gasteiger partial charge in [-0.3, -0.25) is 0 Å². The highest BCUT2D eigenvalue weighted by atomic mass is 14.9. The fourth-order valence-corrected chi connectivity index (χ4v) is 0.491. The second kappa shape index (κ2) is 12.8. The standard InChI is InChI=1S/C5H8N2.C3H8.C2H6/c1-2-5-6-3-4-7-5;1-3-2;1-2/h3-4H,2H2,1H3,(H,6,7);3H2,1-2H3;1-2H3. The van der Waals surface area contributed by atoms with E-state index in [1.54, 1.807) is 6.20 Å². The molecule has 12 heavy (non-hydrogen) atoms. The van der Waals surface area contributed by atoms with Crippen LogP contribution in [0.1, 0.15) is 46.9 Å². The molecule has 2 nitrogen and oxygen atoms in total. The first-order valence-electron chi connectivity index (χ1n) is 4.83. The molecule has 0 aliphatic rings. The van der Waals surface area contributed by atoms with Crippen LogP contribution in [0.25, 0.3) is 0 Å². The molecule has 0 aliphatic carbocycles. The van der Waals surface area contributed by atoms with Crippen molar-refractivity contribution in [2.45, 2.75) is 47.5 Å². The first kappa shape index (κ1) is 13.8. The van der Waals surface area contributed by atoms with Crippen LogP contribution in [-0.2, 0) is 6.42 Å². The first-order chi connectivity index (χ1) is 5.85. The lowest BCUT2D eigenvalue weighted by atomic mass is 10.5. The maximum atomic E-state index is 3.98. The van der Waals surface area contributed by atoms with Crippen molar-refractivity contribution in [1.29, 1.82) is 0 Å². The van der Waals surface area contributed by atoms with Crippen LogP contribution in [0.4, 0.5) is 0 Å². The minimum Gasteiger partial charge on any atom is -0.349 e. The van der Waals surface area contributed by atoms with E-state index in [4.69, 9.17) is 0 Å². The first-order valence-corrected chi connectivity index (χ1v) is 4.83. The number of H-pyrrole nitrogens is 1. The van der Waals surface area contributed by atoms with Gasteiger partial charge in [0.1, 0.15) is 5.82 Å². The Balaban J connectivity index is 0. The average molecular weight is 170 g/mol. The van der Waals surface area contributed by atoms with Crippen LogP contribution in [0.5, 0.6) is 0 Å². The van der Waals surface area contributed by atoms with Crippen LogP contribution in [0, 0.1) is 0 Å². The van der Waals surface area contributed by atoms with E-state index >= 15 is 0 Å². The molecular weight excluding hydrogens is 148 g/mol. The molecule has 0 amide bonds. The predicted molar refractivity (Wildman–Crippen MR) is 55.3 cm³/mol. The number of hydrogen-bond acceptors (Lipinski definition) is 1. The highest BCUT2D eigenvalue weighted by molar-refractivity contribution is 4.84. The van der Waals surface area contributed by atoms with Crippen molar-refractivity contribution in [1.82, 2.24) is 9.97 Å². The molecular formula is C10H22N2. The summed E-state index contributed by atoms with van der Waals surface area (Å²) in [5.74, 6) is 1.06. The van der Waals surface area contributed by atoms with E-state index in [-0.39, 0.29) is 0 Å². The van der Waals surface area contributed by atoms with Gasteiger partial charge < -0.3 is 4.98 Å². The van der Waals surface area contributed by atoms with Gasteiger partial charge in [0.25, 0.3) is 0 Å². The Morgan fingerprint density at radius 3 is 1.92 bits per heavy atom. The van der Waals surface area contributed by atoms with Crippen LogP contribution < -0.4 is 0 Å². The molecule has 0 saturated heterocycles. The molecule has 0 aromatic carbocycles. The maximum absolute atomic E-state index is 3.98. The summed E-state index contributed by atoms with van der Waals surface area (Å²) < 4.78 is 0. The SMILES string of the molecule is CC.CCC.CCc1ncc[nH]1. The van der Waals surface area contributed by atoms with Crippen molar-refractivity contribution < 1.29 is 0 Å². The quantitative estimate of drug-likeness (QED) is 0.687. The Labute approximate surface area is 76.4 Å². The van der Waals surface area contributed by atoms with Gasteiger partial charge in [0.15, 0.2) is 0 Å². The molecule has 0 unspecified atom stereocenters. The number of nitrogens with zero attached hydrogens (tertiary/aromatic N) is 1. The van der Waals surface area contributed by atoms with Gasteiger partial charge >= 0.3 is 0 Å². The molecule has 72 valence electrons. The highest BCUT2D eigenvalue weighted by Gasteiger charge is 1.82. The summed E-state index contributed by atoms with van der Waals surface area (Å²) in [5.41, 5.74) is 0. The van der Waals surface area contributed by atoms with E-state index in [2.05, 4.69) is 30.7 Å². The van der Waals surface area contributed by atoms with Gasteiger partial charge in [-0.25, -0.2) is 4.98 Å². The third-order valence-electron chi connectivity index (χ3n) is 0.890. The fraction of sp³-hybridized carbons (Fsp3) is 0.700. The van der Waals surface area contributed by atoms with Crippen molar-refractivity contribution >= 4 is 0 Å². The van der Waals surface area contributed by atoms with Gasteiger partial charge in [-0.2, -0.15) is 0 Å². The topological polar surface area (TPSA) is 28.7 Å². The van der Waals surface area contributed by atoms with Crippen molar-refractivity contribution in [3.63, 3.8) is 0 Å². The molecule has 0 saturated carbocycles. The monoisotopic (exact) mass is 170 g/mol. The zero-order valence-corrected chi connectivity index (χ0v) is 9.02. The summed E-state index contributed by atoms with van der Waals surface area (Å²) in [6.07, 6.45) is 5.84. The molecule has 1 heterocycles. The molecule has 0 bridgehead atoms. The number of hydrogen-bond donors (Lipinski definition) is 1. The van der Waals surface area contributed by atoms with Crippen molar-refractivity contribution in [2.24, 2.45) is 0 Å². The average Bonchev–Trinajstić information content (AvgIpc) is 2.61.